The summed E-state index contributed by atoms with van der Waals surface area (Å²) in [6.45, 7) is 4.80. The maximum atomic E-state index is 11.8. The van der Waals surface area contributed by atoms with E-state index in [1.165, 1.54) is 11.5 Å². The Morgan fingerprint density at radius 1 is 1.56 bits per heavy atom. The minimum absolute atomic E-state index is 0.133. The Labute approximate surface area is 109 Å². The summed E-state index contributed by atoms with van der Waals surface area (Å²) in [6, 6.07) is 0. The number of nitrogens with zero attached hydrogens (tertiary/aromatic N) is 4. The summed E-state index contributed by atoms with van der Waals surface area (Å²) in [5, 5.41) is 9.43. The maximum Gasteiger partial charge on any atom is 0.341 e. The highest BCUT2D eigenvalue weighted by Gasteiger charge is 2.14. The zero-order valence-corrected chi connectivity index (χ0v) is 11.1. The molecule has 0 radical (unpaired) electrons. The average molecular weight is 266 g/mol. The van der Waals surface area contributed by atoms with Gasteiger partial charge in [0.05, 0.1) is 11.3 Å². The van der Waals surface area contributed by atoms with Crippen molar-refractivity contribution in [3.8, 4) is 0 Å². The Balaban J connectivity index is 1.97. The fraction of sp³-hybridized carbons (Fsp3) is 0.455. The quantitative estimate of drug-likeness (QED) is 0.772. The molecule has 0 amide bonds. The summed E-state index contributed by atoms with van der Waals surface area (Å²) in [6.07, 6.45) is 2.62. The van der Waals surface area contributed by atoms with Crippen LogP contribution in [0.5, 0.6) is 0 Å². The van der Waals surface area contributed by atoms with Crippen LogP contribution < -0.4 is 0 Å². The molecule has 0 aromatic carbocycles. The third kappa shape index (κ3) is 2.73. The van der Waals surface area contributed by atoms with Crippen molar-refractivity contribution >= 4 is 17.5 Å². The molecule has 0 aliphatic rings. The lowest BCUT2D eigenvalue weighted by Gasteiger charge is -2.05. The van der Waals surface area contributed by atoms with Gasteiger partial charge in [-0.25, -0.2) is 4.79 Å². The molecular formula is C11H14N4O2S. The minimum atomic E-state index is -0.368. The Morgan fingerprint density at radius 3 is 3.06 bits per heavy atom. The summed E-state index contributed by atoms with van der Waals surface area (Å²) >= 11 is 1.25. The molecule has 0 bridgehead atoms. The second-order valence-electron chi connectivity index (χ2n) is 3.83. The first-order valence-corrected chi connectivity index (χ1v) is 6.50. The molecule has 0 unspecified atom stereocenters. The third-order valence-corrected chi connectivity index (χ3v) is 3.18. The van der Waals surface area contributed by atoms with Gasteiger partial charge in [0.2, 0.25) is 0 Å². The lowest BCUT2D eigenvalue weighted by atomic mass is 10.3. The van der Waals surface area contributed by atoms with Crippen LogP contribution in [0, 0.1) is 6.92 Å². The maximum absolute atomic E-state index is 11.8. The molecule has 96 valence electrons. The van der Waals surface area contributed by atoms with Crippen molar-refractivity contribution in [1.29, 1.82) is 0 Å². The van der Waals surface area contributed by atoms with Crippen LogP contribution in [0.1, 0.15) is 35.2 Å². The van der Waals surface area contributed by atoms with Crippen LogP contribution in [0.3, 0.4) is 0 Å². The molecule has 2 aromatic rings. The topological polar surface area (TPSA) is 69.9 Å². The van der Waals surface area contributed by atoms with Crippen molar-refractivity contribution in [2.75, 3.05) is 0 Å². The molecule has 2 rings (SSSR count). The molecule has 0 aliphatic heterocycles. The highest BCUT2D eigenvalue weighted by molar-refractivity contribution is 7.03. The minimum Gasteiger partial charge on any atom is -0.454 e. The first kappa shape index (κ1) is 12.7. The zero-order chi connectivity index (χ0) is 13.0. The molecular weight excluding hydrogens is 252 g/mol. The van der Waals surface area contributed by atoms with E-state index in [1.54, 1.807) is 18.6 Å². The molecule has 0 N–H and O–H groups in total. The molecule has 2 heterocycles. The van der Waals surface area contributed by atoms with E-state index in [1.807, 2.05) is 4.57 Å². The summed E-state index contributed by atoms with van der Waals surface area (Å²) in [5.41, 5.74) is 1.21. The summed E-state index contributed by atoms with van der Waals surface area (Å²) in [7, 11) is 0. The van der Waals surface area contributed by atoms with Gasteiger partial charge in [-0.15, -0.1) is 10.2 Å². The summed E-state index contributed by atoms with van der Waals surface area (Å²) in [4.78, 5) is 11.8. The molecule has 6 nitrogen and oxygen atoms in total. The monoisotopic (exact) mass is 266 g/mol. The first-order valence-electron chi connectivity index (χ1n) is 5.67. The van der Waals surface area contributed by atoms with Gasteiger partial charge in [0.15, 0.2) is 12.4 Å². The second kappa shape index (κ2) is 5.72. The van der Waals surface area contributed by atoms with Crippen LogP contribution in [-0.4, -0.2) is 25.1 Å². The molecule has 7 heteroatoms. The van der Waals surface area contributed by atoms with E-state index in [4.69, 9.17) is 4.74 Å². The number of hydrogen-bond donors (Lipinski definition) is 0. The van der Waals surface area contributed by atoms with Crippen molar-refractivity contribution in [2.45, 2.75) is 33.4 Å². The van der Waals surface area contributed by atoms with Gasteiger partial charge in [0.25, 0.3) is 0 Å². The third-order valence-electron chi connectivity index (χ3n) is 2.46. The van der Waals surface area contributed by atoms with E-state index in [9.17, 15) is 4.79 Å². The van der Waals surface area contributed by atoms with E-state index >= 15 is 0 Å². The van der Waals surface area contributed by atoms with Gasteiger partial charge in [-0.1, -0.05) is 6.92 Å². The molecule has 0 saturated heterocycles. The molecule has 2 aromatic heterocycles. The van der Waals surface area contributed by atoms with E-state index in [2.05, 4.69) is 21.5 Å². The number of carbonyl (C=O) groups is 1. The Kier molecular flexibility index (Phi) is 4.03. The molecule has 0 atom stereocenters. The normalized spacial score (nSPS) is 10.6. The highest BCUT2D eigenvalue weighted by Crippen LogP contribution is 2.11. The number of aromatic nitrogens is 4. The fourth-order valence-corrected chi connectivity index (χ4v) is 2.20. The van der Waals surface area contributed by atoms with Gasteiger partial charge in [-0.05, 0) is 24.9 Å². The van der Waals surface area contributed by atoms with Gasteiger partial charge < -0.3 is 9.30 Å². The van der Waals surface area contributed by atoms with Gasteiger partial charge in [-0.2, -0.15) is 4.37 Å². The number of carbonyl (C=O) groups excluding carboxylic acids is 1. The lowest BCUT2D eigenvalue weighted by molar-refractivity contribution is 0.0457. The molecule has 0 aliphatic carbocycles. The largest absolute Gasteiger partial charge is 0.454 e. The van der Waals surface area contributed by atoms with Gasteiger partial charge >= 0.3 is 5.97 Å². The Morgan fingerprint density at radius 2 is 2.39 bits per heavy atom. The predicted molar refractivity (Wildman–Crippen MR) is 66.3 cm³/mol. The van der Waals surface area contributed by atoms with Crippen LogP contribution in [0.4, 0.5) is 0 Å². The highest BCUT2D eigenvalue weighted by atomic mass is 32.1. The second-order valence-corrected chi connectivity index (χ2v) is 4.46. The summed E-state index contributed by atoms with van der Waals surface area (Å²) in [5.74, 6) is 0.290. The predicted octanol–water partition coefficient (Wildman–Crippen LogP) is 1.81. The van der Waals surface area contributed by atoms with Crippen LogP contribution in [0.15, 0.2) is 11.7 Å². The van der Waals surface area contributed by atoms with Crippen molar-refractivity contribution in [1.82, 2.24) is 19.1 Å². The van der Waals surface area contributed by atoms with Gasteiger partial charge in [0, 0.05) is 11.9 Å². The van der Waals surface area contributed by atoms with Crippen molar-refractivity contribution in [3.63, 3.8) is 0 Å². The van der Waals surface area contributed by atoms with Crippen LogP contribution in [0.25, 0.3) is 0 Å². The Bertz CT molecular complexity index is 535. The van der Waals surface area contributed by atoms with Gasteiger partial charge in [0.1, 0.15) is 6.33 Å². The van der Waals surface area contributed by atoms with Crippen molar-refractivity contribution < 1.29 is 9.53 Å². The summed E-state index contributed by atoms with van der Waals surface area (Å²) < 4.78 is 11.1. The number of rotatable bonds is 5. The van der Waals surface area contributed by atoms with Crippen molar-refractivity contribution in [2.24, 2.45) is 0 Å². The van der Waals surface area contributed by atoms with Crippen LogP contribution in [-0.2, 0) is 17.9 Å². The number of esters is 1. The van der Waals surface area contributed by atoms with Crippen LogP contribution in [0.2, 0.25) is 0 Å². The van der Waals surface area contributed by atoms with E-state index in [0.717, 1.165) is 13.0 Å². The molecule has 0 fully saturated rings. The fourth-order valence-electron chi connectivity index (χ4n) is 1.51. The van der Waals surface area contributed by atoms with E-state index < -0.39 is 0 Å². The number of ether oxygens (including phenoxy) is 1. The van der Waals surface area contributed by atoms with E-state index in [0.29, 0.717) is 17.1 Å². The Hall–Kier alpha value is -1.76. The zero-order valence-electron chi connectivity index (χ0n) is 10.3. The average Bonchev–Trinajstić information content (AvgIpc) is 2.96. The lowest BCUT2D eigenvalue weighted by Crippen LogP contribution is -2.10. The molecule has 18 heavy (non-hydrogen) atoms. The van der Waals surface area contributed by atoms with E-state index in [-0.39, 0.29) is 12.6 Å². The molecule has 0 spiro atoms. The number of aryl methyl sites for hydroxylation is 2. The molecule has 0 saturated carbocycles. The smallest absolute Gasteiger partial charge is 0.341 e. The van der Waals surface area contributed by atoms with Gasteiger partial charge in [-0.3, -0.25) is 0 Å². The SMILES string of the molecule is CCCn1cnnc1COC(=O)c1csnc1C. The first-order chi connectivity index (χ1) is 8.72. The number of hydrogen-bond acceptors (Lipinski definition) is 6. The van der Waals surface area contributed by atoms with Crippen molar-refractivity contribution in [3.05, 3.63) is 28.8 Å². The van der Waals surface area contributed by atoms with Crippen LogP contribution >= 0.6 is 11.5 Å². The standard InChI is InChI=1S/C11H14N4O2S/c1-3-4-15-7-12-13-10(15)5-17-11(16)9-6-18-14-8(9)2/h6-7H,3-5H2,1-2H3.